The van der Waals surface area contributed by atoms with Gasteiger partial charge in [-0.25, -0.2) is 13.2 Å². The Hall–Kier alpha value is -3.69. The third-order valence-corrected chi connectivity index (χ3v) is 6.40. The minimum Gasteiger partial charge on any atom is -0.494 e. The molecule has 0 bridgehead atoms. The molecule has 3 aromatic rings. The van der Waals surface area contributed by atoms with E-state index in [1.807, 2.05) is 37.3 Å². The molecule has 1 amide bonds. The number of sulfonamides is 1. The molecule has 0 saturated carbocycles. The first-order valence-corrected chi connectivity index (χ1v) is 12.1. The van der Waals surface area contributed by atoms with Crippen molar-refractivity contribution in [3.63, 3.8) is 0 Å². The fraction of sp³-hybridized carbons (Fsp3) is 0.200. The topological polar surface area (TPSA) is 111 Å². The van der Waals surface area contributed by atoms with E-state index in [0.717, 1.165) is 5.56 Å². The molecule has 0 aliphatic carbocycles. The first-order chi connectivity index (χ1) is 16.3. The maximum Gasteiger partial charge on any atom is 0.337 e. The fourth-order valence-electron chi connectivity index (χ4n) is 3.21. The molecule has 9 heteroatoms. The van der Waals surface area contributed by atoms with Crippen LogP contribution in [0.2, 0.25) is 0 Å². The molecule has 34 heavy (non-hydrogen) atoms. The van der Waals surface area contributed by atoms with Crippen LogP contribution in [-0.2, 0) is 26.0 Å². The number of hydrogen-bond donors (Lipinski definition) is 2. The molecule has 2 N–H and O–H groups in total. The number of carbonyl (C=O) groups excluding carboxylic acids is 2. The third-order valence-electron chi connectivity index (χ3n) is 4.92. The lowest BCUT2D eigenvalue weighted by Gasteiger charge is -2.19. The number of anilines is 1. The van der Waals surface area contributed by atoms with Crippen LogP contribution in [0.25, 0.3) is 0 Å². The highest BCUT2D eigenvalue weighted by atomic mass is 32.2. The van der Waals surface area contributed by atoms with Gasteiger partial charge in [-0.2, -0.15) is 4.72 Å². The lowest BCUT2D eigenvalue weighted by Crippen LogP contribution is -2.45. The Morgan fingerprint density at radius 1 is 0.912 bits per heavy atom. The van der Waals surface area contributed by atoms with Gasteiger partial charge < -0.3 is 14.8 Å². The second-order valence-electron chi connectivity index (χ2n) is 7.33. The standard InChI is InChI=1S/C25H26N2O6S/c1-3-33-21-13-15-22(16-14-21)34(30,31)27-23(17-18-7-5-4-6-8-18)24(28)26-20-11-9-19(10-12-20)25(29)32-2/h4-16,23,27H,3,17H2,1-2H3,(H,26,28)/t23-/m1/s1. The Bertz CT molecular complexity index is 1210. The van der Waals surface area contributed by atoms with Crippen molar-refractivity contribution >= 4 is 27.6 Å². The molecule has 0 aliphatic rings. The summed E-state index contributed by atoms with van der Waals surface area (Å²) in [6.07, 6.45) is 0.142. The Morgan fingerprint density at radius 2 is 1.56 bits per heavy atom. The van der Waals surface area contributed by atoms with Crippen LogP contribution in [0.3, 0.4) is 0 Å². The van der Waals surface area contributed by atoms with E-state index in [9.17, 15) is 18.0 Å². The van der Waals surface area contributed by atoms with E-state index >= 15 is 0 Å². The predicted octanol–water partition coefficient (Wildman–Crippen LogP) is 3.40. The van der Waals surface area contributed by atoms with Crippen molar-refractivity contribution in [3.8, 4) is 5.75 Å². The van der Waals surface area contributed by atoms with Gasteiger partial charge in [-0.1, -0.05) is 30.3 Å². The van der Waals surface area contributed by atoms with E-state index in [2.05, 4.69) is 14.8 Å². The SMILES string of the molecule is CCOc1ccc(S(=O)(=O)N[C@H](Cc2ccccc2)C(=O)Nc2ccc(C(=O)OC)cc2)cc1. The number of amides is 1. The zero-order chi connectivity index (χ0) is 24.6. The summed E-state index contributed by atoms with van der Waals surface area (Å²) in [5, 5.41) is 2.71. The van der Waals surface area contributed by atoms with Crippen molar-refractivity contribution < 1.29 is 27.5 Å². The molecule has 0 fully saturated rings. The summed E-state index contributed by atoms with van der Waals surface area (Å²) >= 11 is 0. The van der Waals surface area contributed by atoms with Gasteiger partial charge >= 0.3 is 5.97 Å². The van der Waals surface area contributed by atoms with Gasteiger partial charge in [-0.15, -0.1) is 0 Å². The minimum atomic E-state index is -4.00. The van der Waals surface area contributed by atoms with E-state index in [-0.39, 0.29) is 11.3 Å². The highest BCUT2D eigenvalue weighted by molar-refractivity contribution is 7.89. The summed E-state index contributed by atoms with van der Waals surface area (Å²) in [6, 6.07) is 20.1. The summed E-state index contributed by atoms with van der Waals surface area (Å²) in [6.45, 7) is 2.30. The van der Waals surface area contributed by atoms with Crippen LogP contribution in [0.1, 0.15) is 22.8 Å². The first-order valence-electron chi connectivity index (χ1n) is 10.6. The average Bonchev–Trinajstić information content (AvgIpc) is 2.84. The molecule has 0 saturated heterocycles. The summed E-state index contributed by atoms with van der Waals surface area (Å²) in [7, 11) is -2.72. The van der Waals surface area contributed by atoms with E-state index in [0.29, 0.717) is 23.6 Å². The van der Waals surface area contributed by atoms with Crippen LogP contribution in [-0.4, -0.2) is 40.1 Å². The molecule has 0 radical (unpaired) electrons. The molecule has 8 nitrogen and oxygen atoms in total. The molecule has 3 rings (SSSR count). The van der Waals surface area contributed by atoms with Gasteiger partial charge in [0.25, 0.3) is 0 Å². The minimum absolute atomic E-state index is 0.0178. The Labute approximate surface area is 199 Å². The Morgan fingerprint density at radius 3 is 2.15 bits per heavy atom. The maximum atomic E-state index is 13.1. The second-order valence-corrected chi connectivity index (χ2v) is 9.04. The quantitative estimate of drug-likeness (QED) is 0.429. The molecule has 0 spiro atoms. The number of hydrogen-bond acceptors (Lipinski definition) is 6. The van der Waals surface area contributed by atoms with Gasteiger partial charge in [0.15, 0.2) is 0 Å². The van der Waals surface area contributed by atoms with Gasteiger partial charge in [-0.05, 0) is 67.4 Å². The monoisotopic (exact) mass is 482 g/mol. The zero-order valence-corrected chi connectivity index (χ0v) is 19.7. The maximum absolute atomic E-state index is 13.1. The van der Waals surface area contributed by atoms with Crippen molar-refractivity contribution in [3.05, 3.63) is 90.0 Å². The summed E-state index contributed by atoms with van der Waals surface area (Å²) in [4.78, 5) is 24.7. The number of nitrogens with one attached hydrogen (secondary N) is 2. The van der Waals surface area contributed by atoms with E-state index in [4.69, 9.17) is 4.74 Å². The van der Waals surface area contributed by atoms with Gasteiger partial charge in [0.1, 0.15) is 11.8 Å². The normalized spacial score (nSPS) is 11.9. The van der Waals surface area contributed by atoms with Crippen molar-refractivity contribution in [2.75, 3.05) is 19.0 Å². The molecular formula is C25H26N2O6S. The van der Waals surface area contributed by atoms with E-state index < -0.39 is 27.9 Å². The number of carbonyl (C=O) groups is 2. The number of esters is 1. The Kier molecular flexibility index (Phi) is 8.39. The van der Waals surface area contributed by atoms with Gasteiger partial charge in [-0.3, -0.25) is 4.79 Å². The van der Waals surface area contributed by atoms with Crippen molar-refractivity contribution in [2.24, 2.45) is 0 Å². The summed E-state index contributed by atoms with van der Waals surface area (Å²) < 4.78 is 38.6. The van der Waals surface area contributed by atoms with Crippen molar-refractivity contribution in [1.29, 1.82) is 0 Å². The van der Waals surface area contributed by atoms with Crippen molar-refractivity contribution in [1.82, 2.24) is 4.72 Å². The van der Waals surface area contributed by atoms with Crippen LogP contribution in [0.5, 0.6) is 5.75 Å². The molecule has 178 valence electrons. The molecule has 3 aromatic carbocycles. The van der Waals surface area contributed by atoms with Gasteiger partial charge in [0.05, 0.1) is 24.2 Å². The predicted molar refractivity (Wildman–Crippen MR) is 128 cm³/mol. The van der Waals surface area contributed by atoms with E-state index in [1.165, 1.54) is 31.4 Å². The van der Waals surface area contributed by atoms with Crippen LogP contribution in [0.4, 0.5) is 5.69 Å². The molecule has 1 atom stereocenters. The molecule has 0 heterocycles. The number of benzene rings is 3. The smallest absolute Gasteiger partial charge is 0.337 e. The van der Waals surface area contributed by atoms with Crippen LogP contribution in [0, 0.1) is 0 Å². The molecule has 0 aliphatic heterocycles. The zero-order valence-electron chi connectivity index (χ0n) is 18.9. The van der Waals surface area contributed by atoms with Crippen molar-refractivity contribution in [2.45, 2.75) is 24.3 Å². The lowest BCUT2D eigenvalue weighted by molar-refractivity contribution is -0.117. The Balaban J connectivity index is 1.81. The summed E-state index contributed by atoms with van der Waals surface area (Å²) in [5.41, 5.74) is 1.53. The average molecular weight is 483 g/mol. The first kappa shape index (κ1) is 24.9. The third kappa shape index (κ3) is 6.66. The van der Waals surface area contributed by atoms with Gasteiger partial charge in [0, 0.05) is 5.69 Å². The van der Waals surface area contributed by atoms with Crippen LogP contribution < -0.4 is 14.8 Å². The highest BCUT2D eigenvalue weighted by Gasteiger charge is 2.26. The number of ether oxygens (including phenoxy) is 2. The molecule has 0 aromatic heterocycles. The fourth-order valence-corrected chi connectivity index (χ4v) is 4.41. The number of rotatable bonds is 10. The van der Waals surface area contributed by atoms with Crippen LogP contribution >= 0.6 is 0 Å². The highest BCUT2D eigenvalue weighted by Crippen LogP contribution is 2.18. The largest absolute Gasteiger partial charge is 0.494 e. The summed E-state index contributed by atoms with van der Waals surface area (Å²) in [5.74, 6) is -0.484. The second kappa shape index (κ2) is 11.4. The van der Waals surface area contributed by atoms with Gasteiger partial charge in [0.2, 0.25) is 15.9 Å². The molecule has 0 unspecified atom stereocenters. The molecular weight excluding hydrogens is 456 g/mol. The van der Waals surface area contributed by atoms with Crippen LogP contribution in [0.15, 0.2) is 83.8 Å². The number of methoxy groups -OCH3 is 1. The van der Waals surface area contributed by atoms with E-state index in [1.54, 1.807) is 24.3 Å². The lowest BCUT2D eigenvalue weighted by atomic mass is 10.1.